The summed E-state index contributed by atoms with van der Waals surface area (Å²) in [4.78, 5) is 7.86. The quantitative estimate of drug-likeness (QED) is 0.747. The smallest absolute Gasteiger partial charge is 0.180 e. The summed E-state index contributed by atoms with van der Waals surface area (Å²) in [6, 6.07) is 6.03. The van der Waals surface area contributed by atoms with Gasteiger partial charge in [0, 0.05) is 42.3 Å². The van der Waals surface area contributed by atoms with Crippen molar-refractivity contribution in [3.8, 4) is 11.5 Å². The molecule has 25 heavy (non-hydrogen) atoms. The fourth-order valence-corrected chi connectivity index (χ4v) is 3.79. The second-order valence-electron chi connectivity index (χ2n) is 6.31. The summed E-state index contributed by atoms with van der Waals surface area (Å²) in [5, 5.41) is 0.635. The Kier molecular flexibility index (Phi) is 7.35. The normalized spacial score (nSPS) is 14.0. The number of benzene rings is 1. The zero-order valence-electron chi connectivity index (χ0n) is 14.7. The zero-order chi connectivity index (χ0) is 16.9. The predicted molar refractivity (Wildman–Crippen MR) is 105 cm³/mol. The first-order chi connectivity index (χ1) is 11.7. The number of hydrogen-bond acceptors (Lipinski definition) is 6. The van der Waals surface area contributed by atoms with Crippen LogP contribution < -0.4 is 15.2 Å². The van der Waals surface area contributed by atoms with E-state index in [1.165, 1.54) is 29.7 Å². The number of halogens is 1. The van der Waals surface area contributed by atoms with Crippen LogP contribution in [0.2, 0.25) is 0 Å². The van der Waals surface area contributed by atoms with Crippen LogP contribution in [0.4, 0.5) is 5.13 Å². The van der Waals surface area contributed by atoms with E-state index in [9.17, 15) is 0 Å². The highest BCUT2D eigenvalue weighted by molar-refractivity contribution is 7.15. The third-order valence-corrected chi connectivity index (χ3v) is 5.39. The van der Waals surface area contributed by atoms with Crippen molar-refractivity contribution in [2.24, 2.45) is 5.92 Å². The molecule has 5 nitrogen and oxygen atoms in total. The van der Waals surface area contributed by atoms with E-state index in [1.54, 1.807) is 25.6 Å². The second kappa shape index (κ2) is 9.27. The lowest BCUT2D eigenvalue weighted by Gasteiger charge is -2.32. The van der Waals surface area contributed by atoms with Gasteiger partial charge in [-0.25, -0.2) is 4.98 Å². The molecule has 0 bridgehead atoms. The minimum Gasteiger partial charge on any atom is -0.497 e. The van der Waals surface area contributed by atoms with Crippen LogP contribution in [0.1, 0.15) is 29.7 Å². The summed E-state index contributed by atoms with van der Waals surface area (Å²) in [5.74, 6) is 2.49. The number of aromatic nitrogens is 1. The molecule has 0 spiro atoms. The SMILES string of the molecule is COc1ccc(CN(Cc2cnc(N)s2)CC2CCC2)c(OC)c1.Cl. The Hall–Kier alpha value is -1.50. The number of nitrogens with two attached hydrogens (primary N) is 1. The Labute approximate surface area is 159 Å². The van der Waals surface area contributed by atoms with Gasteiger partial charge in [0.15, 0.2) is 5.13 Å². The number of nitrogen functional groups attached to an aromatic ring is 1. The lowest BCUT2D eigenvalue weighted by molar-refractivity contribution is 0.165. The molecule has 2 N–H and O–H groups in total. The summed E-state index contributed by atoms with van der Waals surface area (Å²) >= 11 is 1.57. The predicted octanol–water partition coefficient (Wildman–Crippen LogP) is 3.97. The van der Waals surface area contributed by atoms with Gasteiger partial charge in [-0.05, 0) is 24.8 Å². The Balaban J connectivity index is 0.00000225. The van der Waals surface area contributed by atoms with Crippen LogP contribution in [0.5, 0.6) is 11.5 Å². The Morgan fingerprint density at radius 2 is 2.04 bits per heavy atom. The van der Waals surface area contributed by atoms with E-state index >= 15 is 0 Å². The number of nitrogens with zero attached hydrogens (tertiary/aromatic N) is 2. The molecule has 0 saturated heterocycles. The van der Waals surface area contributed by atoms with E-state index < -0.39 is 0 Å². The van der Waals surface area contributed by atoms with Crippen LogP contribution in [0, 0.1) is 5.92 Å². The van der Waals surface area contributed by atoms with Crippen molar-refractivity contribution in [1.82, 2.24) is 9.88 Å². The van der Waals surface area contributed by atoms with Gasteiger partial charge in [0.2, 0.25) is 0 Å². The van der Waals surface area contributed by atoms with Crippen molar-refractivity contribution in [1.29, 1.82) is 0 Å². The van der Waals surface area contributed by atoms with Crippen LogP contribution in [0.3, 0.4) is 0 Å². The molecule has 1 aliphatic rings. The monoisotopic (exact) mass is 383 g/mol. The molecule has 1 saturated carbocycles. The molecule has 1 aliphatic carbocycles. The summed E-state index contributed by atoms with van der Waals surface area (Å²) in [6.45, 7) is 2.83. The van der Waals surface area contributed by atoms with E-state index in [2.05, 4.69) is 16.0 Å². The fourth-order valence-electron chi connectivity index (χ4n) is 3.07. The van der Waals surface area contributed by atoms with Crippen molar-refractivity contribution in [3.63, 3.8) is 0 Å². The van der Waals surface area contributed by atoms with E-state index in [-0.39, 0.29) is 12.4 Å². The Morgan fingerprint density at radius 3 is 2.60 bits per heavy atom. The lowest BCUT2D eigenvalue weighted by atomic mass is 9.85. The maximum atomic E-state index is 5.78. The third kappa shape index (κ3) is 5.23. The van der Waals surface area contributed by atoms with Crippen molar-refractivity contribution >= 4 is 28.9 Å². The molecule has 0 unspecified atom stereocenters. The van der Waals surface area contributed by atoms with Crippen LogP contribution >= 0.6 is 23.7 Å². The van der Waals surface area contributed by atoms with E-state index in [0.29, 0.717) is 5.13 Å². The largest absolute Gasteiger partial charge is 0.497 e. The fraction of sp³-hybridized carbons (Fsp3) is 0.500. The maximum absolute atomic E-state index is 5.78. The molecule has 1 heterocycles. The van der Waals surface area contributed by atoms with Gasteiger partial charge in [-0.15, -0.1) is 23.7 Å². The van der Waals surface area contributed by atoms with Gasteiger partial charge in [-0.1, -0.05) is 12.5 Å². The van der Waals surface area contributed by atoms with Crippen LogP contribution in [0.15, 0.2) is 24.4 Å². The molecule has 1 fully saturated rings. The van der Waals surface area contributed by atoms with Gasteiger partial charge in [0.1, 0.15) is 11.5 Å². The Morgan fingerprint density at radius 1 is 1.24 bits per heavy atom. The summed E-state index contributed by atoms with van der Waals surface area (Å²) in [7, 11) is 3.38. The molecule has 0 atom stereocenters. The summed E-state index contributed by atoms with van der Waals surface area (Å²) in [6.07, 6.45) is 5.92. The first-order valence-electron chi connectivity index (χ1n) is 8.31. The van der Waals surface area contributed by atoms with E-state index in [1.807, 2.05) is 18.3 Å². The molecule has 2 aromatic rings. The standard InChI is InChI=1S/C18H25N3O2S.ClH/c1-22-15-7-6-14(17(8-15)23-2)11-21(10-13-4-3-5-13)12-16-9-20-18(19)24-16;/h6-9,13H,3-5,10-12H2,1-2H3,(H2,19,20);1H. The molecule has 7 heteroatoms. The van der Waals surface area contributed by atoms with Gasteiger partial charge in [0.05, 0.1) is 14.2 Å². The highest BCUT2D eigenvalue weighted by atomic mass is 35.5. The van der Waals surface area contributed by atoms with Gasteiger partial charge in [0.25, 0.3) is 0 Å². The van der Waals surface area contributed by atoms with Gasteiger partial charge < -0.3 is 15.2 Å². The second-order valence-corrected chi connectivity index (χ2v) is 7.46. The number of ether oxygens (including phenoxy) is 2. The molecule has 1 aromatic heterocycles. The highest BCUT2D eigenvalue weighted by Crippen LogP contribution is 2.31. The number of thiazole rings is 1. The molecule has 138 valence electrons. The van der Waals surface area contributed by atoms with Crippen molar-refractivity contribution in [2.75, 3.05) is 26.5 Å². The highest BCUT2D eigenvalue weighted by Gasteiger charge is 2.22. The number of methoxy groups -OCH3 is 2. The molecular formula is C18H26ClN3O2S. The maximum Gasteiger partial charge on any atom is 0.180 e. The van der Waals surface area contributed by atoms with E-state index in [4.69, 9.17) is 15.2 Å². The first-order valence-corrected chi connectivity index (χ1v) is 9.13. The third-order valence-electron chi connectivity index (χ3n) is 4.58. The zero-order valence-corrected chi connectivity index (χ0v) is 16.4. The van der Waals surface area contributed by atoms with Gasteiger partial charge in [-0.3, -0.25) is 4.90 Å². The van der Waals surface area contributed by atoms with Crippen LogP contribution in [-0.2, 0) is 13.1 Å². The van der Waals surface area contributed by atoms with Crippen molar-refractivity contribution < 1.29 is 9.47 Å². The number of rotatable bonds is 8. The molecule has 0 radical (unpaired) electrons. The average molecular weight is 384 g/mol. The first kappa shape index (κ1) is 19.8. The number of hydrogen-bond donors (Lipinski definition) is 1. The van der Waals surface area contributed by atoms with Gasteiger partial charge in [-0.2, -0.15) is 0 Å². The molecule has 3 rings (SSSR count). The lowest BCUT2D eigenvalue weighted by Crippen LogP contribution is -2.31. The average Bonchev–Trinajstić information content (AvgIpc) is 2.96. The van der Waals surface area contributed by atoms with Gasteiger partial charge >= 0.3 is 0 Å². The van der Waals surface area contributed by atoms with E-state index in [0.717, 1.165) is 37.1 Å². The summed E-state index contributed by atoms with van der Waals surface area (Å²) in [5.41, 5.74) is 6.95. The topological polar surface area (TPSA) is 60.6 Å². The number of anilines is 1. The van der Waals surface area contributed by atoms with Crippen molar-refractivity contribution in [3.05, 3.63) is 34.8 Å². The minimum atomic E-state index is 0. The van der Waals surface area contributed by atoms with Crippen LogP contribution in [0.25, 0.3) is 0 Å². The molecule has 0 amide bonds. The minimum absolute atomic E-state index is 0. The van der Waals surface area contributed by atoms with Crippen LogP contribution in [-0.4, -0.2) is 30.6 Å². The van der Waals surface area contributed by atoms with Crippen molar-refractivity contribution in [2.45, 2.75) is 32.4 Å². The molecule has 1 aromatic carbocycles. The molecular weight excluding hydrogens is 358 g/mol. The summed E-state index contributed by atoms with van der Waals surface area (Å²) < 4.78 is 10.8. The molecule has 0 aliphatic heterocycles. The Bertz CT molecular complexity index is 676.